The number of hydrogen-bond acceptors (Lipinski definition) is 3. The molecule has 0 amide bonds. The molecule has 0 saturated heterocycles. The third-order valence-electron chi connectivity index (χ3n) is 2.06. The fraction of sp³-hybridized carbons (Fsp3) is 0.200. The summed E-state index contributed by atoms with van der Waals surface area (Å²) in [7, 11) is 0. The van der Waals surface area contributed by atoms with Crippen molar-refractivity contribution in [2.24, 2.45) is 0 Å². The van der Waals surface area contributed by atoms with Crippen LogP contribution in [0, 0.1) is 14.4 Å². The molecule has 4 nitrogen and oxygen atoms in total. The van der Waals surface area contributed by atoms with E-state index in [1.807, 2.05) is 0 Å². The van der Waals surface area contributed by atoms with Gasteiger partial charge in [-0.3, -0.25) is 0 Å². The van der Waals surface area contributed by atoms with Gasteiger partial charge >= 0.3 is 6.29 Å². The van der Waals surface area contributed by atoms with Crippen LogP contribution in [0.25, 0.3) is 11.0 Å². The number of fused-ring (bicyclic) bond motifs is 2. The average molecular weight is 315 g/mol. The van der Waals surface area contributed by atoms with Gasteiger partial charge in [0.05, 0.1) is 0 Å². The largest absolute Gasteiger partial charge is 0.586 e. The Hall–Kier alpha value is -0.746. The van der Waals surface area contributed by atoms with Crippen LogP contribution in [0.3, 0.4) is 0 Å². The van der Waals surface area contributed by atoms with Crippen molar-refractivity contribution in [3.05, 3.63) is 25.4 Å². The number of nitrogens with zero attached hydrogens (tertiary/aromatic N) is 2. The Morgan fingerprint density at radius 3 is 2.47 bits per heavy atom. The number of rotatable bonds is 0. The van der Waals surface area contributed by atoms with Crippen LogP contribution in [-0.4, -0.2) is 11.3 Å². The molecule has 0 N–H and O–H groups in total. The number of aromatic nitrogens is 2. The quantitative estimate of drug-likeness (QED) is 0.700. The molecule has 7 heteroatoms. The van der Waals surface area contributed by atoms with Crippen LogP contribution in [0.4, 0.5) is 8.78 Å². The first-order chi connectivity index (χ1) is 7.03. The fourth-order valence-corrected chi connectivity index (χ4v) is 1.53. The van der Waals surface area contributed by atoms with Crippen molar-refractivity contribution in [2.75, 3.05) is 0 Å². The molecule has 1 aromatic carbocycles. The van der Waals surface area contributed by atoms with E-state index in [2.05, 4.69) is 19.4 Å². The molecule has 3 rings (SSSR count). The number of imidazole rings is 1. The van der Waals surface area contributed by atoms with Crippen LogP contribution in [-0.2, 0) is 32.7 Å². The van der Waals surface area contributed by atoms with Crippen LogP contribution < -0.4 is 14.5 Å². The Morgan fingerprint density at radius 1 is 1.24 bits per heavy atom. The Bertz CT molecular complexity index is 511. The summed E-state index contributed by atoms with van der Waals surface area (Å²) in [6.07, 6.45) is -3.59. The van der Waals surface area contributed by atoms with Crippen molar-refractivity contribution in [3.8, 4) is 11.5 Å². The van der Waals surface area contributed by atoms with Gasteiger partial charge in [-0.2, -0.15) is 0 Å². The first-order valence-corrected chi connectivity index (χ1v) is 4.24. The maximum atomic E-state index is 12.7. The molecule has 0 aliphatic carbocycles. The maximum absolute atomic E-state index is 12.7. The first-order valence-electron chi connectivity index (χ1n) is 4.24. The van der Waals surface area contributed by atoms with E-state index < -0.39 is 6.29 Å². The molecular formula is C10H8F2N2O2Y-2. The second-order valence-electron chi connectivity index (χ2n) is 3.23. The Balaban J connectivity index is 0.000000722. The standard InChI is InChI=1S/C9H5F2N2O2.CH3.Y/c1-4-12-5-2-7-8(3-6(5)13-4)15-9(10,11)14-7;;/h2-3H,1H3;1H3;/q2*-1;. The summed E-state index contributed by atoms with van der Waals surface area (Å²) in [4.78, 5) is 8.09. The zero-order valence-corrected chi connectivity index (χ0v) is 12.0. The summed E-state index contributed by atoms with van der Waals surface area (Å²) in [5, 5.41) is 0. The normalized spacial score (nSPS) is 15.2. The Morgan fingerprint density at radius 2 is 1.82 bits per heavy atom. The van der Waals surface area contributed by atoms with Crippen LogP contribution >= 0.6 is 0 Å². The number of ether oxygens (including phenoxy) is 2. The molecule has 2 aromatic rings. The molecule has 0 unspecified atom stereocenters. The van der Waals surface area contributed by atoms with Gasteiger partial charge in [0.1, 0.15) is 0 Å². The van der Waals surface area contributed by atoms with E-state index in [-0.39, 0.29) is 51.6 Å². The second-order valence-corrected chi connectivity index (χ2v) is 3.23. The van der Waals surface area contributed by atoms with Crippen LogP contribution in [0.15, 0.2) is 12.1 Å². The summed E-state index contributed by atoms with van der Waals surface area (Å²) in [5.74, 6) is 0.570. The molecule has 1 aromatic heterocycles. The van der Waals surface area contributed by atoms with Crippen molar-refractivity contribution in [1.82, 2.24) is 9.97 Å². The smallest absolute Gasteiger partial charge is 0.440 e. The summed E-state index contributed by atoms with van der Waals surface area (Å²) in [5.41, 5.74) is 1.04. The third kappa shape index (κ3) is 2.42. The van der Waals surface area contributed by atoms with Crippen LogP contribution in [0.2, 0.25) is 0 Å². The van der Waals surface area contributed by atoms with E-state index in [0.717, 1.165) is 0 Å². The first kappa shape index (κ1) is 14.3. The van der Waals surface area contributed by atoms with Gasteiger partial charge < -0.3 is 26.9 Å². The van der Waals surface area contributed by atoms with Crippen molar-refractivity contribution >= 4 is 11.0 Å². The topological polar surface area (TPSA) is 45.5 Å². The molecule has 17 heavy (non-hydrogen) atoms. The maximum Gasteiger partial charge on any atom is 0.586 e. The predicted octanol–water partition coefficient (Wildman–Crippen LogP) is 2.27. The van der Waals surface area contributed by atoms with Gasteiger partial charge in [-0.25, -0.2) is 0 Å². The van der Waals surface area contributed by atoms with E-state index >= 15 is 0 Å². The summed E-state index contributed by atoms with van der Waals surface area (Å²) in [6.45, 7) is 1.72. The number of hydrogen-bond donors (Lipinski definition) is 0. The molecule has 1 radical (unpaired) electrons. The van der Waals surface area contributed by atoms with Gasteiger partial charge in [0.2, 0.25) is 0 Å². The zero-order chi connectivity index (χ0) is 10.6. The van der Waals surface area contributed by atoms with Gasteiger partial charge in [0.15, 0.2) is 11.5 Å². The predicted molar refractivity (Wildman–Crippen MR) is 52.4 cm³/mol. The minimum absolute atomic E-state index is 0. The molecule has 2 heterocycles. The molecule has 89 valence electrons. The van der Waals surface area contributed by atoms with Gasteiger partial charge in [0, 0.05) is 32.7 Å². The van der Waals surface area contributed by atoms with Gasteiger partial charge in [0.25, 0.3) is 0 Å². The zero-order valence-electron chi connectivity index (χ0n) is 9.20. The molecule has 1 aliphatic heterocycles. The summed E-state index contributed by atoms with van der Waals surface area (Å²) >= 11 is 0. The molecule has 0 bridgehead atoms. The molecule has 1 aliphatic rings. The number of halogens is 2. The Kier molecular flexibility index (Phi) is 3.79. The minimum atomic E-state index is -3.59. The number of alkyl halides is 2. The van der Waals surface area contributed by atoms with Gasteiger partial charge in [-0.15, -0.1) is 8.78 Å². The summed E-state index contributed by atoms with van der Waals surface area (Å²) < 4.78 is 34.0. The van der Waals surface area contributed by atoms with Crippen molar-refractivity contribution < 1.29 is 51.0 Å². The van der Waals surface area contributed by atoms with Gasteiger partial charge in [-0.1, -0.05) is 5.82 Å². The average Bonchev–Trinajstić information content (AvgIpc) is 2.55. The van der Waals surface area contributed by atoms with Crippen molar-refractivity contribution in [1.29, 1.82) is 0 Å². The van der Waals surface area contributed by atoms with Crippen LogP contribution in [0.1, 0.15) is 5.82 Å². The minimum Gasteiger partial charge on any atom is -0.440 e. The number of aryl methyl sites for hydroxylation is 1. The second kappa shape index (κ2) is 4.50. The van der Waals surface area contributed by atoms with Crippen molar-refractivity contribution in [2.45, 2.75) is 13.2 Å². The fourth-order valence-electron chi connectivity index (χ4n) is 1.53. The SMILES string of the molecule is Cc1nc2cc3c(cc2[n-]1)OC(F)(F)O3.[CH3-].[Y]. The Labute approximate surface area is 122 Å². The van der Waals surface area contributed by atoms with Crippen LogP contribution in [0.5, 0.6) is 11.5 Å². The third-order valence-corrected chi connectivity index (χ3v) is 2.06. The van der Waals surface area contributed by atoms with E-state index in [0.29, 0.717) is 16.9 Å². The van der Waals surface area contributed by atoms with E-state index in [1.165, 1.54) is 12.1 Å². The van der Waals surface area contributed by atoms with Gasteiger partial charge in [-0.05, 0) is 30.1 Å². The molecular weight excluding hydrogens is 307 g/mol. The van der Waals surface area contributed by atoms with E-state index in [4.69, 9.17) is 0 Å². The van der Waals surface area contributed by atoms with Crippen molar-refractivity contribution in [3.63, 3.8) is 0 Å². The molecule has 0 spiro atoms. The summed E-state index contributed by atoms with van der Waals surface area (Å²) in [6, 6.07) is 2.79. The van der Waals surface area contributed by atoms with E-state index in [9.17, 15) is 8.78 Å². The molecule has 0 atom stereocenters. The number of benzene rings is 1. The van der Waals surface area contributed by atoms with E-state index in [1.54, 1.807) is 6.92 Å². The molecule has 0 fully saturated rings. The monoisotopic (exact) mass is 315 g/mol. The molecule has 0 saturated carbocycles.